The predicted molar refractivity (Wildman–Crippen MR) is 51.0 cm³/mol. The molecule has 0 aliphatic heterocycles. The van der Waals surface area contributed by atoms with E-state index in [9.17, 15) is 4.79 Å². The maximum atomic E-state index is 11.1. The van der Waals surface area contributed by atoms with Crippen molar-refractivity contribution < 1.29 is 9.53 Å². The summed E-state index contributed by atoms with van der Waals surface area (Å²) < 4.78 is 9.70. The Kier molecular flexibility index (Phi) is 1.98. The first-order chi connectivity index (χ1) is 6.31. The van der Waals surface area contributed by atoms with Crippen LogP contribution < -0.4 is 0 Å². The van der Waals surface area contributed by atoms with Crippen molar-refractivity contribution in [3.05, 3.63) is 30.0 Å². The lowest BCUT2D eigenvalue weighted by molar-refractivity contribution is 0.0601. The fraction of sp³-hybridized carbons (Fsp3) is 0.111. The van der Waals surface area contributed by atoms with Crippen molar-refractivity contribution in [1.82, 2.24) is 4.37 Å². The molecule has 0 spiro atoms. The number of nitrogens with zero attached hydrogens (tertiary/aromatic N) is 1. The molecule has 66 valence electrons. The summed E-state index contributed by atoms with van der Waals surface area (Å²) in [6.07, 6.45) is 1.74. The van der Waals surface area contributed by atoms with Gasteiger partial charge in [0.25, 0.3) is 0 Å². The maximum Gasteiger partial charge on any atom is 0.337 e. The number of hydrogen-bond acceptors (Lipinski definition) is 4. The number of hydrogen-bond donors (Lipinski definition) is 0. The number of aromatic nitrogens is 1. The van der Waals surface area contributed by atoms with Gasteiger partial charge in [0, 0.05) is 11.6 Å². The Morgan fingerprint density at radius 3 is 3.15 bits per heavy atom. The third-order valence-electron chi connectivity index (χ3n) is 1.77. The number of esters is 1. The third-order valence-corrected chi connectivity index (χ3v) is 2.55. The van der Waals surface area contributed by atoms with E-state index in [0.29, 0.717) is 5.56 Å². The lowest BCUT2D eigenvalue weighted by Gasteiger charge is -1.97. The summed E-state index contributed by atoms with van der Waals surface area (Å²) in [5.74, 6) is -0.312. The molecule has 1 aromatic heterocycles. The summed E-state index contributed by atoms with van der Waals surface area (Å²) in [6, 6.07) is 5.40. The average Bonchev–Trinajstić information content (AvgIpc) is 2.63. The molecule has 0 saturated heterocycles. The first-order valence-electron chi connectivity index (χ1n) is 3.74. The highest BCUT2D eigenvalue weighted by Crippen LogP contribution is 2.19. The molecule has 2 rings (SSSR count). The van der Waals surface area contributed by atoms with Gasteiger partial charge in [-0.25, -0.2) is 4.79 Å². The monoisotopic (exact) mass is 193 g/mol. The number of fused-ring (bicyclic) bond motifs is 1. The molecule has 0 aliphatic carbocycles. The van der Waals surface area contributed by atoms with E-state index in [0.717, 1.165) is 10.1 Å². The summed E-state index contributed by atoms with van der Waals surface area (Å²) >= 11 is 1.41. The summed E-state index contributed by atoms with van der Waals surface area (Å²) in [7, 11) is 1.37. The van der Waals surface area contributed by atoms with Gasteiger partial charge in [-0.1, -0.05) is 0 Å². The molecule has 0 unspecified atom stereocenters. The van der Waals surface area contributed by atoms with Crippen molar-refractivity contribution >= 4 is 27.6 Å². The molecular formula is C9H7NO2S. The summed E-state index contributed by atoms with van der Waals surface area (Å²) in [4.78, 5) is 11.1. The highest BCUT2D eigenvalue weighted by Gasteiger charge is 2.05. The highest BCUT2D eigenvalue weighted by atomic mass is 32.1. The van der Waals surface area contributed by atoms with Crippen LogP contribution in [-0.2, 0) is 4.74 Å². The Morgan fingerprint density at radius 2 is 2.38 bits per heavy atom. The van der Waals surface area contributed by atoms with Gasteiger partial charge in [-0.2, -0.15) is 4.37 Å². The summed E-state index contributed by atoms with van der Waals surface area (Å²) in [5, 5.41) is 0.980. The minimum Gasteiger partial charge on any atom is -0.465 e. The molecule has 13 heavy (non-hydrogen) atoms. The van der Waals surface area contributed by atoms with E-state index >= 15 is 0 Å². The first kappa shape index (κ1) is 8.19. The molecule has 0 N–H and O–H groups in total. The van der Waals surface area contributed by atoms with Crippen molar-refractivity contribution in [3.8, 4) is 0 Å². The fourth-order valence-corrected chi connectivity index (χ4v) is 1.74. The number of methoxy groups -OCH3 is 1. The number of carbonyl (C=O) groups excluding carboxylic acids is 1. The lowest BCUT2D eigenvalue weighted by atomic mass is 10.2. The van der Waals surface area contributed by atoms with Gasteiger partial charge in [0.1, 0.15) is 0 Å². The Morgan fingerprint density at radius 1 is 1.54 bits per heavy atom. The predicted octanol–water partition coefficient (Wildman–Crippen LogP) is 2.08. The maximum absolute atomic E-state index is 11.1. The molecular weight excluding hydrogens is 186 g/mol. The third kappa shape index (κ3) is 1.40. The molecule has 1 heterocycles. The van der Waals surface area contributed by atoms with Crippen molar-refractivity contribution in [2.75, 3.05) is 7.11 Å². The van der Waals surface area contributed by atoms with E-state index in [1.807, 2.05) is 6.07 Å². The van der Waals surface area contributed by atoms with Crippen LogP contribution in [0.1, 0.15) is 10.4 Å². The van der Waals surface area contributed by atoms with Crippen LogP contribution in [-0.4, -0.2) is 17.5 Å². The lowest BCUT2D eigenvalue weighted by Crippen LogP contribution is -1.99. The summed E-state index contributed by atoms with van der Waals surface area (Å²) in [5.41, 5.74) is 0.565. The molecule has 0 bridgehead atoms. The Hall–Kier alpha value is -1.42. The van der Waals surface area contributed by atoms with Gasteiger partial charge < -0.3 is 4.74 Å². The molecule has 0 amide bonds. The molecule has 0 saturated carbocycles. The second-order valence-corrected chi connectivity index (χ2v) is 3.40. The smallest absolute Gasteiger partial charge is 0.337 e. The van der Waals surface area contributed by atoms with Gasteiger partial charge >= 0.3 is 5.97 Å². The zero-order valence-electron chi connectivity index (χ0n) is 6.98. The van der Waals surface area contributed by atoms with E-state index < -0.39 is 0 Å². The van der Waals surface area contributed by atoms with Crippen LogP contribution in [0.5, 0.6) is 0 Å². The van der Waals surface area contributed by atoms with Crippen LogP contribution in [0.25, 0.3) is 10.1 Å². The molecule has 3 nitrogen and oxygen atoms in total. The summed E-state index contributed by atoms with van der Waals surface area (Å²) in [6.45, 7) is 0. The van der Waals surface area contributed by atoms with Crippen LogP contribution in [0.3, 0.4) is 0 Å². The molecule has 0 fully saturated rings. The van der Waals surface area contributed by atoms with Crippen molar-refractivity contribution in [3.63, 3.8) is 0 Å². The van der Waals surface area contributed by atoms with Gasteiger partial charge in [-0.05, 0) is 29.7 Å². The molecule has 4 heteroatoms. The van der Waals surface area contributed by atoms with Gasteiger partial charge in [-0.15, -0.1) is 0 Å². The standard InChI is InChI=1S/C9H7NO2S/c1-12-9(11)6-2-3-8-7(4-6)5-10-13-8/h2-5H,1H3. The van der Waals surface area contributed by atoms with E-state index in [-0.39, 0.29) is 5.97 Å². The Balaban J connectivity index is 2.54. The zero-order valence-corrected chi connectivity index (χ0v) is 7.80. The second-order valence-electron chi connectivity index (χ2n) is 2.57. The average molecular weight is 193 g/mol. The molecule has 1 aromatic carbocycles. The van der Waals surface area contributed by atoms with E-state index in [4.69, 9.17) is 0 Å². The number of rotatable bonds is 1. The van der Waals surface area contributed by atoms with Gasteiger partial charge in [-0.3, -0.25) is 0 Å². The van der Waals surface area contributed by atoms with Gasteiger partial charge in [0.2, 0.25) is 0 Å². The minimum atomic E-state index is -0.312. The fourth-order valence-electron chi connectivity index (χ4n) is 1.12. The largest absolute Gasteiger partial charge is 0.465 e. The Bertz CT molecular complexity index is 450. The van der Waals surface area contributed by atoms with Crippen molar-refractivity contribution in [2.45, 2.75) is 0 Å². The van der Waals surface area contributed by atoms with E-state index in [1.54, 1.807) is 18.3 Å². The molecule has 0 radical (unpaired) electrons. The number of ether oxygens (including phenoxy) is 1. The quantitative estimate of drug-likeness (QED) is 0.651. The van der Waals surface area contributed by atoms with Crippen LogP contribution in [0.4, 0.5) is 0 Å². The number of benzene rings is 1. The zero-order chi connectivity index (χ0) is 9.26. The van der Waals surface area contributed by atoms with Crippen molar-refractivity contribution in [1.29, 1.82) is 0 Å². The number of carbonyl (C=O) groups is 1. The van der Waals surface area contributed by atoms with Crippen molar-refractivity contribution in [2.24, 2.45) is 0 Å². The van der Waals surface area contributed by atoms with E-state index in [1.165, 1.54) is 18.6 Å². The highest BCUT2D eigenvalue weighted by molar-refractivity contribution is 7.13. The molecule has 2 aromatic rings. The van der Waals surface area contributed by atoms with Crippen LogP contribution in [0.15, 0.2) is 24.4 Å². The topological polar surface area (TPSA) is 39.2 Å². The van der Waals surface area contributed by atoms with Crippen LogP contribution >= 0.6 is 11.5 Å². The SMILES string of the molecule is COC(=O)c1ccc2sncc2c1. The van der Waals surface area contributed by atoms with Gasteiger partial charge in [0.15, 0.2) is 0 Å². The normalized spacial score (nSPS) is 10.2. The van der Waals surface area contributed by atoms with Gasteiger partial charge in [0.05, 0.1) is 17.4 Å². The second kappa shape index (κ2) is 3.14. The van der Waals surface area contributed by atoms with Crippen LogP contribution in [0, 0.1) is 0 Å². The minimum absolute atomic E-state index is 0.312. The molecule has 0 aliphatic rings. The Labute approximate surface area is 79.1 Å². The first-order valence-corrected chi connectivity index (χ1v) is 4.51. The van der Waals surface area contributed by atoms with E-state index in [2.05, 4.69) is 9.11 Å². The van der Waals surface area contributed by atoms with Crippen LogP contribution in [0.2, 0.25) is 0 Å². The molecule has 0 atom stereocenters.